The topological polar surface area (TPSA) is 52.6 Å². The van der Waals surface area contributed by atoms with Crippen LogP contribution in [0.2, 0.25) is 0 Å². The van der Waals surface area contributed by atoms with E-state index in [1.165, 1.54) is 6.42 Å². The van der Waals surface area contributed by atoms with E-state index < -0.39 is 0 Å². The van der Waals surface area contributed by atoms with Crippen LogP contribution in [0.5, 0.6) is 0 Å². The first kappa shape index (κ1) is 23.1. The first-order valence-electron chi connectivity index (χ1n) is 10.3. The van der Waals surface area contributed by atoms with E-state index in [4.69, 9.17) is 9.47 Å². The SMILES string of the molecule is CN=C(NCC1CN(CC(C)C)CCO1)N1CCC(N2CCOCC2)C1.I. The zero-order chi connectivity index (χ0) is 18.4. The van der Waals surface area contributed by atoms with Crippen LogP contribution in [-0.4, -0.2) is 112 Å². The molecule has 3 aliphatic rings. The van der Waals surface area contributed by atoms with Crippen LogP contribution in [0.3, 0.4) is 0 Å². The van der Waals surface area contributed by atoms with Crippen molar-refractivity contribution in [1.29, 1.82) is 0 Å². The van der Waals surface area contributed by atoms with Gasteiger partial charge in [-0.1, -0.05) is 13.8 Å². The Kier molecular flexibility index (Phi) is 10.1. The summed E-state index contributed by atoms with van der Waals surface area (Å²) in [5, 5.41) is 3.56. The standard InChI is InChI=1S/C19H37N5O2.HI/c1-16(2)13-22-6-11-26-18(15-22)12-21-19(20-3)24-5-4-17(14-24)23-7-9-25-10-8-23;/h16-18H,4-15H2,1-3H3,(H,20,21);1H. The molecule has 0 saturated carbocycles. The second kappa shape index (κ2) is 11.7. The fourth-order valence-electron chi connectivity index (χ4n) is 4.30. The van der Waals surface area contributed by atoms with Crippen LogP contribution < -0.4 is 5.32 Å². The van der Waals surface area contributed by atoms with Gasteiger partial charge >= 0.3 is 0 Å². The van der Waals surface area contributed by atoms with Crippen molar-refractivity contribution in [2.75, 3.05) is 79.2 Å². The van der Waals surface area contributed by atoms with Crippen LogP contribution in [0.15, 0.2) is 4.99 Å². The van der Waals surface area contributed by atoms with Gasteiger partial charge in [0.1, 0.15) is 0 Å². The van der Waals surface area contributed by atoms with E-state index in [0.29, 0.717) is 12.0 Å². The van der Waals surface area contributed by atoms with Crippen molar-refractivity contribution in [3.63, 3.8) is 0 Å². The van der Waals surface area contributed by atoms with Gasteiger partial charge in [-0.25, -0.2) is 0 Å². The van der Waals surface area contributed by atoms with Crippen molar-refractivity contribution < 1.29 is 9.47 Å². The molecule has 0 aromatic rings. The number of nitrogens with one attached hydrogen (secondary N) is 1. The maximum absolute atomic E-state index is 5.96. The molecule has 3 heterocycles. The monoisotopic (exact) mass is 495 g/mol. The number of guanidine groups is 1. The maximum atomic E-state index is 5.96. The Hall–Kier alpha value is -0.160. The molecule has 2 unspecified atom stereocenters. The van der Waals surface area contributed by atoms with Crippen LogP contribution >= 0.6 is 24.0 Å². The number of aliphatic imine (C=N–C) groups is 1. The summed E-state index contributed by atoms with van der Waals surface area (Å²) in [4.78, 5) is 12.0. The summed E-state index contributed by atoms with van der Waals surface area (Å²) in [7, 11) is 1.89. The highest BCUT2D eigenvalue weighted by molar-refractivity contribution is 14.0. The molecule has 0 aliphatic carbocycles. The third-order valence-corrected chi connectivity index (χ3v) is 5.57. The van der Waals surface area contributed by atoms with Gasteiger partial charge in [-0.05, 0) is 12.3 Å². The van der Waals surface area contributed by atoms with Crippen molar-refractivity contribution in [2.45, 2.75) is 32.4 Å². The Morgan fingerprint density at radius 1 is 1.11 bits per heavy atom. The van der Waals surface area contributed by atoms with E-state index in [1.807, 2.05) is 7.05 Å². The first-order chi connectivity index (χ1) is 12.7. The van der Waals surface area contributed by atoms with Gasteiger partial charge in [-0.15, -0.1) is 24.0 Å². The molecule has 0 spiro atoms. The summed E-state index contributed by atoms with van der Waals surface area (Å²) in [6, 6.07) is 0.630. The van der Waals surface area contributed by atoms with E-state index in [-0.39, 0.29) is 30.1 Å². The van der Waals surface area contributed by atoms with Crippen molar-refractivity contribution in [3.8, 4) is 0 Å². The van der Waals surface area contributed by atoms with Crippen molar-refractivity contribution >= 4 is 29.9 Å². The normalized spacial score (nSPS) is 28.4. The van der Waals surface area contributed by atoms with Gasteiger partial charge in [-0.2, -0.15) is 0 Å². The summed E-state index contributed by atoms with van der Waals surface area (Å²) < 4.78 is 11.4. The molecule has 0 aromatic heterocycles. The molecule has 2 atom stereocenters. The molecule has 3 aliphatic heterocycles. The number of rotatable bonds is 5. The Bertz CT molecular complexity index is 459. The number of nitrogens with zero attached hydrogens (tertiary/aromatic N) is 4. The van der Waals surface area contributed by atoms with Gasteiger partial charge in [0.05, 0.1) is 25.9 Å². The first-order valence-corrected chi connectivity index (χ1v) is 10.3. The largest absolute Gasteiger partial charge is 0.379 e. The molecule has 8 heteroatoms. The van der Waals surface area contributed by atoms with E-state index in [1.54, 1.807) is 0 Å². The molecule has 158 valence electrons. The number of likely N-dealkylation sites (tertiary alicyclic amines) is 1. The Morgan fingerprint density at radius 2 is 1.89 bits per heavy atom. The molecule has 0 radical (unpaired) electrons. The number of hydrogen-bond donors (Lipinski definition) is 1. The molecule has 0 amide bonds. The van der Waals surface area contributed by atoms with Crippen molar-refractivity contribution in [1.82, 2.24) is 20.0 Å². The van der Waals surface area contributed by atoms with Gasteiger partial charge in [0.25, 0.3) is 0 Å². The van der Waals surface area contributed by atoms with Gasteiger partial charge in [0.15, 0.2) is 5.96 Å². The van der Waals surface area contributed by atoms with Crippen LogP contribution in [0.25, 0.3) is 0 Å². The lowest BCUT2D eigenvalue weighted by molar-refractivity contribution is -0.0286. The van der Waals surface area contributed by atoms with Crippen LogP contribution in [0.4, 0.5) is 0 Å². The van der Waals surface area contributed by atoms with E-state index >= 15 is 0 Å². The van der Waals surface area contributed by atoms with E-state index in [2.05, 4.69) is 38.9 Å². The maximum Gasteiger partial charge on any atom is 0.193 e. The molecule has 3 saturated heterocycles. The predicted molar refractivity (Wildman–Crippen MR) is 120 cm³/mol. The highest BCUT2D eigenvalue weighted by Crippen LogP contribution is 2.17. The molecular weight excluding hydrogens is 457 g/mol. The Morgan fingerprint density at radius 3 is 2.59 bits per heavy atom. The summed E-state index contributed by atoms with van der Waals surface area (Å²) in [6.45, 7) is 15.4. The summed E-state index contributed by atoms with van der Waals surface area (Å²) in [5.74, 6) is 1.72. The highest BCUT2D eigenvalue weighted by Gasteiger charge is 2.30. The van der Waals surface area contributed by atoms with Crippen LogP contribution in [-0.2, 0) is 9.47 Å². The molecule has 3 rings (SSSR count). The predicted octanol–water partition coefficient (Wildman–Crippen LogP) is 0.943. The average molecular weight is 495 g/mol. The van der Waals surface area contributed by atoms with Crippen molar-refractivity contribution in [2.24, 2.45) is 10.9 Å². The number of hydrogen-bond acceptors (Lipinski definition) is 5. The second-order valence-corrected chi connectivity index (χ2v) is 8.11. The molecule has 1 N–H and O–H groups in total. The van der Waals surface area contributed by atoms with E-state index in [0.717, 1.165) is 78.1 Å². The fourth-order valence-corrected chi connectivity index (χ4v) is 4.30. The Labute approximate surface area is 181 Å². The third-order valence-electron chi connectivity index (χ3n) is 5.57. The zero-order valence-electron chi connectivity index (χ0n) is 17.2. The average Bonchev–Trinajstić information content (AvgIpc) is 3.13. The van der Waals surface area contributed by atoms with Gasteiger partial charge < -0.3 is 19.7 Å². The second-order valence-electron chi connectivity index (χ2n) is 8.11. The molecule has 3 fully saturated rings. The lowest BCUT2D eigenvalue weighted by Crippen LogP contribution is -2.51. The molecule has 0 aromatic carbocycles. The molecule has 0 bridgehead atoms. The number of morpholine rings is 2. The minimum Gasteiger partial charge on any atom is -0.379 e. The zero-order valence-corrected chi connectivity index (χ0v) is 19.6. The summed E-state index contributed by atoms with van der Waals surface area (Å²) in [6.07, 6.45) is 1.46. The van der Waals surface area contributed by atoms with Crippen LogP contribution in [0.1, 0.15) is 20.3 Å². The quantitative estimate of drug-likeness (QED) is 0.348. The van der Waals surface area contributed by atoms with Gasteiger partial charge in [-0.3, -0.25) is 14.8 Å². The fraction of sp³-hybridized carbons (Fsp3) is 0.947. The number of halogens is 1. The molecule has 7 nitrogen and oxygen atoms in total. The van der Waals surface area contributed by atoms with Crippen molar-refractivity contribution in [3.05, 3.63) is 0 Å². The lowest BCUT2D eigenvalue weighted by atomic mass is 10.2. The summed E-state index contributed by atoms with van der Waals surface area (Å²) >= 11 is 0. The van der Waals surface area contributed by atoms with Gasteiger partial charge in [0, 0.05) is 65.4 Å². The Balaban J connectivity index is 0.00000261. The lowest BCUT2D eigenvalue weighted by Gasteiger charge is -2.35. The number of ether oxygens (including phenoxy) is 2. The highest BCUT2D eigenvalue weighted by atomic mass is 127. The minimum absolute atomic E-state index is 0. The minimum atomic E-state index is 0. The summed E-state index contributed by atoms with van der Waals surface area (Å²) in [5.41, 5.74) is 0. The molecular formula is C19H38IN5O2. The van der Waals surface area contributed by atoms with E-state index in [9.17, 15) is 0 Å². The third kappa shape index (κ3) is 6.99. The molecule has 27 heavy (non-hydrogen) atoms. The van der Waals surface area contributed by atoms with Crippen LogP contribution in [0, 0.1) is 5.92 Å². The van der Waals surface area contributed by atoms with Gasteiger partial charge in [0.2, 0.25) is 0 Å². The smallest absolute Gasteiger partial charge is 0.193 e.